The van der Waals surface area contributed by atoms with Gasteiger partial charge in [-0.25, -0.2) is 0 Å². The second-order valence-corrected chi connectivity index (χ2v) is 5.35. The summed E-state index contributed by atoms with van der Waals surface area (Å²) in [6, 6.07) is 5.56. The Labute approximate surface area is 114 Å². The van der Waals surface area contributed by atoms with Crippen LogP contribution in [0.25, 0.3) is 0 Å². The number of alkyl halides is 7. The van der Waals surface area contributed by atoms with Crippen LogP contribution in [0, 0.1) is 0 Å². The highest BCUT2D eigenvalue weighted by Crippen LogP contribution is 2.45. The van der Waals surface area contributed by atoms with Crippen molar-refractivity contribution >= 4 is 16.2 Å². The van der Waals surface area contributed by atoms with Gasteiger partial charge >= 0.3 is 18.0 Å². The number of rotatable bonds is 4. The molecule has 0 bridgehead atoms. The van der Waals surface area contributed by atoms with E-state index in [1.165, 1.54) is 18.2 Å². The zero-order valence-electron chi connectivity index (χ0n) is 9.78. The maximum Gasteiger partial charge on any atom is 0.460 e. The maximum atomic E-state index is 12.9. The van der Waals surface area contributed by atoms with Crippen molar-refractivity contribution < 1.29 is 39.2 Å². The number of sulfonamides is 1. The average molecular weight is 337 g/mol. The summed E-state index contributed by atoms with van der Waals surface area (Å²) >= 11 is 0. The Morgan fingerprint density at radius 2 is 1.38 bits per heavy atom. The molecule has 1 rings (SSSR count). The van der Waals surface area contributed by atoms with Crippen LogP contribution in [-0.2, 0) is 10.0 Å². The predicted octanol–water partition coefficient (Wildman–Crippen LogP) is 3.28. The maximum absolute atomic E-state index is 12.9. The second kappa shape index (κ2) is 5.28. The monoisotopic (exact) mass is 337 g/mol. The van der Waals surface area contributed by atoms with Gasteiger partial charge in [-0.05, 0) is 12.1 Å². The largest absolute Gasteiger partial charge is 0.460 e. The molecule has 0 radical (unpaired) electrons. The molecule has 0 spiro atoms. The molecule has 3 nitrogen and oxygen atoms in total. The van der Waals surface area contributed by atoms with E-state index in [2.05, 4.69) is 4.40 Å². The second-order valence-electron chi connectivity index (χ2n) is 3.72. The summed E-state index contributed by atoms with van der Waals surface area (Å²) in [6.45, 7) is 0. The van der Waals surface area contributed by atoms with E-state index in [9.17, 15) is 39.2 Å². The number of hydrogen-bond acceptors (Lipinski definition) is 2. The van der Waals surface area contributed by atoms with Gasteiger partial charge in [0.2, 0.25) is 0 Å². The van der Waals surface area contributed by atoms with Crippen LogP contribution in [0.4, 0.5) is 30.7 Å². The van der Waals surface area contributed by atoms with Crippen molar-refractivity contribution in [1.29, 1.82) is 0 Å². The number of benzene rings is 1. The van der Waals surface area contributed by atoms with Gasteiger partial charge in [-0.15, -0.1) is 0 Å². The van der Waals surface area contributed by atoms with Gasteiger partial charge < -0.3 is 0 Å². The summed E-state index contributed by atoms with van der Waals surface area (Å²) in [5.74, 6) is -12.3. The molecule has 1 aromatic rings. The molecule has 0 N–H and O–H groups in total. The van der Waals surface area contributed by atoms with Gasteiger partial charge in [0, 0.05) is 0 Å². The normalized spacial score (nSPS) is 14.6. The van der Waals surface area contributed by atoms with Gasteiger partial charge in [-0.1, -0.05) is 18.2 Å². The molecule has 0 saturated heterocycles. The molecule has 0 heterocycles. The lowest BCUT2D eigenvalue weighted by Crippen LogP contribution is -2.52. The van der Waals surface area contributed by atoms with Gasteiger partial charge in [-0.3, -0.25) is 0 Å². The van der Waals surface area contributed by atoms with Crippen LogP contribution < -0.4 is 0 Å². The number of halogens is 7. The summed E-state index contributed by atoms with van der Waals surface area (Å²) in [4.78, 5) is -0.632. The Kier molecular flexibility index (Phi) is 4.37. The molecule has 0 unspecified atom stereocenters. The molecule has 11 heteroatoms. The number of nitrogens with zero attached hydrogens (tertiary/aromatic N) is 1. The van der Waals surface area contributed by atoms with Crippen molar-refractivity contribution in [2.45, 2.75) is 22.9 Å². The fourth-order valence-corrected chi connectivity index (χ4v) is 1.95. The van der Waals surface area contributed by atoms with Gasteiger partial charge in [0.05, 0.1) is 11.1 Å². The third-order valence-electron chi connectivity index (χ3n) is 2.17. The van der Waals surface area contributed by atoms with Crippen molar-refractivity contribution in [3.05, 3.63) is 30.3 Å². The van der Waals surface area contributed by atoms with E-state index in [0.29, 0.717) is 0 Å². The summed E-state index contributed by atoms with van der Waals surface area (Å²) in [7, 11) is -4.81. The lowest BCUT2D eigenvalue weighted by Gasteiger charge is -2.24. The van der Waals surface area contributed by atoms with Crippen LogP contribution in [0.1, 0.15) is 0 Å². The highest BCUT2D eigenvalue weighted by molar-refractivity contribution is 7.90. The Balaban J connectivity index is 3.15. The average Bonchev–Trinajstić information content (AvgIpc) is 2.36. The van der Waals surface area contributed by atoms with Crippen molar-refractivity contribution in [3.8, 4) is 0 Å². The lowest BCUT2D eigenvalue weighted by atomic mass is 10.2. The zero-order chi connectivity index (χ0) is 16.5. The molecule has 0 amide bonds. The fourth-order valence-electron chi connectivity index (χ4n) is 1.06. The molecule has 0 saturated carbocycles. The first-order chi connectivity index (χ1) is 9.31. The first-order valence-electron chi connectivity index (χ1n) is 5.00. The van der Waals surface area contributed by atoms with E-state index in [-0.39, 0.29) is 0 Å². The molecular formula is C10H6F7NO2S. The van der Waals surface area contributed by atoms with Crippen LogP contribution in [-0.4, -0.2) is 32.7 Å². The van der Waals surface area contributed by atoms with E-state index >= 15 is 0 Å². The summed E-state index contributed by atoms with van der Waals surface area (Å²) < 4.78 is 111. The highest BCUT2D eigenvalue weighted by atomic mass is 32.2. The Bertz CT molecular complexity index is 623. The summed E-state index contributed by atoms with van der Waals surface area (Å²) in [5.41, 5.74) is 0. The van der Waals surface area contributed by atoms with Gasteiger partial charge in [0.15, 0.2) is 0 Å². The molecule has 21 heavy (non-hydrogen) atoms. The minimum absolute atomic E-state index is 0.632. The third-order valence-corrected chi connectivity index (χ3v) is 3.42. The van der Waals surface area contributed by atoms with Crippen LogP contribution in [0.3, 0.4) is 0 Å². The zero-order valence-corrected chi connectivity index (χ0v) is 10.6. The van der Waals surface area contributed by atoms with Crippen LogP contribution in [0.15, 0.2) is 39.6 Å². The third kappa shape index (κ3) is 3.52. The predicted molar refractivity (Wildman–Crippen MR) is 58.1 cm³/mol. The molecule has 0 aliphatic heterocycles. The van der Waals surface area contributed by atoms with Crippen molar-refractivity contribution in [2.75, 3.05) is 0 Å². The minimum Gasteiger partial charge on any atom is -0.199 e. The Morgan fingerprint density at radius 3 is 1.81 bits per heavy atom. The van der Waals surface area contributed by atoms with E-state index < -0.39 is 39.2 Å². The van der Waals surface area contributed by atoms with Gasteiger partial charge in [-0.2, -0.15) is 43.5 Å². The molecule has 1 aromatic carbocycles. The van der Waals surface area contributed by atoms with E-state index in [1.807, 2.05) is 0 Å². The summed E-state index contributed by atoms with van der Waals surface area (Å²) in [6.07, 6.45) is -7.78. The quantitative estimate of drug-likeness (QED) is 0.625. The van der Waals surface area contributed by atoms with Crippen LogP contribution >= 0.6 is 0 Å². The standard InChI is InChI=1S/C10H6F7NO2S/c11-8(12,9(13,14)10(15,16)17)6-18-21(19,20)7-4-2-1-3-5-7/h1-6H. The fraction of sp³-hybridized carbons (Fsp3) is 0.300. The first-order valence-corrected chi connectivity index (χ1v) is 6.44. The van der Waals surface area contributed by atoms with Crippen molar-refractivity contribution in [1.82, 2.24) is 0 Å². The lowest BCUT2D eigenvalue weighted by molar-refractivity contribution is -0.335. The van der Waals surface area contributed by atoms with Crippen molar-refractivity contribution in [2.24, 2.45) is 4.40 Å². The first kappa shape index (κ1) is 17.4. The molecule has 118 valence electrons. The van der Waals surface area contributed by atoms with Crippen LogP contribution in [0.2, 0.25) is 0 Å². The molecule has 0 aromatic heterocycles. The summed E-state index contributed by atoms with van der Waals surface area (Å²) in [5, 5.41) is 0. The highest BCUT2D eigenvalue weighted by Gasteiger charge is 2.72. The van der Waals surface area contributed by atoms with E-state index in [0.717, 1.165) is 12.1 Å². The molecule has 0 atom stereocenters. The molecule has 0 aliphatic rings. The van der Waals surface area contributed by atoms with E-state index in [4.69, 9.17) is 0 Å². The topological polar surface area (TPSA) is 46.5 Å². The smallest absolute Gasteiger partial charge is 0.199 e. The Hall–Kier alpha value is -1.65. The van der Waals surface area contributed by atoms with Gasteiger partial charge in [0.25, 0.3) is 10.0 Å². The molecule has 0 fully saturated rings. The van der Waals surface area contributed by atoms with E-state index in [1.54, 1.807) is 0 Å². The molecular weight excluding hydrogens is 331 g/mol. The van der Waals surface area contributed by atoms with Crippen LogP contribution in [0.5, 0.6) is 0 Å². The van der Waals surface area contributed by atoms with Crippen molar-refractivity contribution in [3.63, 3.8) is 0 Å². The SMILES string of the molecule is O=S(=O)(N=CC(F)(F)C(F)(F)C(F)(F)F)c1ccccc1. The Morgan fingerprint density at radius 1 is 0.905 bits per heavy atom. The van der Waals surface area contributed by atoms with Gasteiger partial charge in [0.1, 0.15) is 0 Å². The minimum atomic E-state index is -6.56. The molecule has 0 aliphatic carbocycles. The number of hydrogen-bond donors (Lipinski definition) is 0.